The number of nitrogens with one attached hydrogen (secondary N) is 1. The van der Waals surface area contributed by atoms with Crippen LogP contribution >= 0.6 is 11.3 Å². The summed E-state index contributed by atoms with van der Waals surface area (Å²) in [5, 5.41) is 7.95. The van der Waals surface area contributed by atoms with Crippen LogP contribution in [-0.2, 0) is 11.8 Å². The van der Waals surface area contributed by atoms with Crippen molar-refractivity contribution in [3.63, 3.8) is 0 Å². The third-order valence-electron chi connectivity index (χ3n) is 4.21. The Labute approximate surface area is 131 Å². The first-order valence-electron chi connectivity index (χ1n) is 7.54. The highest BCUT2D eigenvalue weighted by Gasteiger charge is 2.30. The lowest BCUT2D eigenvalue weighted by Crippen LogP contribution is -2.45. The maximum atomic E-state index is 13.1. The molecule has 0 saturated heterocycles. The molecule has 2 rings (SSSR count). The van der Waals surface area contributed by atoms with Crippen molar-refractivity contribution in [1.29, 1.82) is 0 Å². The summed E-state index contributed by atoms with van der Waals surface area (Å²) < 4.78 is 13.1. The van der Waals surface area contributed by atoms with Crippen LogP contribution in [0.15, 0.2) is 41.1 Å². The summed E-state index contributed by atoms with van der Waals surface area (Å²) in [6, 6.07) is 9.48. The number of likely N-dealkylation sites (N-methyl/N-ethyl adjacent to an activating group) is 1. The molecular formula is C18H24FNS. The van der Waals surface area contributed by atoms with Crippen molar-refractivity contribution < 1.29 is 4.39 Å². The van der Waals surface area contributed by atoms with Gasteiger partial charge in [-0.2, -0.15) is 11.3 Å². The van der Waals surface area contributed by atoms with Crippen molar-refractivity contribution in [3.05, 3.63) is 58.0 Å². The van der Waals surface area contributed by atoms with Gasteiger partial charge >= 0.3 is 0 Å². The summed E-state index contributed by atoms with van der Waals surface area (Å²) in [6.45, 7) is 7.56. The Hall–Kier alpha value is -1.19. The van der Waals surface area contributed by atoms with Gasteiger partial charge < -0.3 is 5.32 Å². The Morgan fingerprint density at radius 1 is 1.19 bits per heavy atom. The van der Waals surface area contributed by atoms with E-state index in [1.807, 2.05) is 12.1 Å². The van der Waals surface area contributed by atoms with Crippen molar-refractivity contribution in [3.8, 4) is 0 Å². The number of halogens is 1. The molecule has 0 saturated carbocycles. The first kappa shape index (κ1) is 16.2. The average Bonchev–Trinajstić information content (AvgIpc) is 2.97. The van der Waals surface area contributed by atoms with Crippen LogP contribution in [0.1, 0.15) is 38.3 Å². The lowest BCUT2D eigenvalue weighted by atomic mass is 9.75. The number of thiophene rings is 1. The van der Waals surface area contributed by atoms with Crippen LogP contribution < -0.4 is 5.32 Å². The Balaban J connectivity index is 2.12. The van der Waals surface area contributed by atoms with E-state index in [0.717, 1.165) is 19.4 Å². The van der Waals surface area contributed by atoms with Gasteiger partial charge in [-0.3, -0.25) is 0 Å². The van der Waals surface area contributed by atoms with E-state index in [1.54, 1.807) is 23.5 Å². The van der Waals surface area contributed by atoms with Gasteiger partial charge in [0.2, 0.25) is 0 Å². The Bertz CT molecular complexity index is 531. The fraction of sp³-hybridized carbons (Fsp3) is 0.444. The summed E-state index contributed by atoms with van der Waals surface area (Å²) in [5.41, 5.74) is 2.55. The molecule has 3 heteroatoms. The van der Waals surface area contributed by atoms with Gasteiger partial charge in [0.1, 0.15) is 5.82 Å². The molecule has 1 unspecified atom stereocenters. The Morgan fingerprint density at radius 3 is 2.48 bits per heavy atom. The first-order valence-corrected chi connectivity index (χ1v) is 8.49. The molecule has 2 aromatic rings. The molecule has 1 N–H and O–H groups in total. The van der Waals surface area contributed by atoms with Crippen molar-refractivity contribution >= 4 is 11.3 Å². The second-order valence-electron chi connectivity index (χ2n) is 6.01. The highest BCUT2D eigenvalue weighted by atomic mass is 32.1. The molecule has 0 bridgehead atoms. The molecule has 114 valence electrons. The van der Waals surface area contributed by atoms with Crippen LogP contribution in [0.5, 0.6) is 0 Å². The van der Waals surface area contributed by atoms with E-state index in [4.69, 9.17) is 0 Å². The molecule has 1 heterocycles. The second kappa shape index (κ2) is 7.19. The fourth-order valence-electron chi connectivity index (χ4n) is 2.79. The SMILES string of the molecule is CCNC(CCc1ccsc1)C(C)(C)c1ccc(F)cc1. The third-order valence-corrected chi connectivity index (χ3v) is 4.94. The zero-order chi connectivity index (χ0) is 15.3. The topological polar surface area (TPSA) is 12.0 Å². The molecule has 0 amide bonds. The normalized spacial score (nSPS) is 13.3. The molecule has 0 aliphatic carbocycles. The van der Waals surface area contributed by atoms with Crippen molar-refractivity contribution in [1.82, 2.24) is 5.32 Å². The minimum atomic E-state index is -0.173. The lowest BCUT2D eigenvalue weighted by molar-refractivity contribution is 0.327. The predicted octanol–water partition coefficient (Wildman–Crippen LogP) is 4.78. The number of hydrogen-bond donors (Lipinski definition) is 1. The largest absolute Gasteiger partial charge is 0.313 e. The fourth-order valence-corrected chi connectivity index (χ4v) is 3.49. The molecule has 0 aliphatic heterocycles. The maximum Gasteiger partial charge on any atom is 0.123 e. The minimum Gasteiger partial charge on any atom is -0.313 e. The van der Waals surface area contributed by atoms with Gasteiger partial charge in [-0.05, 0) is 59.5 Å². The summed E-state index contributed by atoms with van der Waals surface area (Å²) >= 11 is 1.75. The Kier molecular flexibility index (Phi) is 5.54. The van der Waals surface area contributed by atoms with Gasteiger partial charge in [0.05, 0.1) is 0 Å². The van der Waals surface area contributed by atoms with Gasteiger partial charge in [-0.15, -0.1) is 0 Å². The van der Waals surface area contributed by atoms with E-state index in [1.165, 1.54) is 11.1 Å². The number of hydrogen-bond acceptors (Lipinski definition) is 2. The van der Waals surface area contributed by atoms with E-state index in [2.05, 4.69) is 42.9 Å². The van der Waals surface area contributed by atoms with Crippen LogP contribution in [0.4, 0.5) is 4.39 Å². The molecule has 21 heavy (non-hydrogen) atoms. The average molecular weight is 305 g/mol. The van der Waals surface area contributed by atoms with E-state index in [-0.39, 0.29) is 11.2 Å². The molecule has 0 fully saturated rings. The molecule has 0 spiro atoms. The van der Waals surface area contributed by atoms with Crippen LogP contribution in [0.3, 0.4) is 0 Å². The van der Waals surface area contributed by atoms with Gasteiger partial charge in [-0.25, -0.2) is 4.39 Å². The minimum absolute atomic E-state index is 0.0280. The van der Waals surface area contributed by atoms with Crippen LogP contribution in [0, 0.1) is 5.82 Å². The molecule has 0 radical (unpaired) electrons. The van der Waals surface area contributed by atoms with Gasteiger partial charge in [0, 0.05) is 11.5 Å². The first-order chi connectivity index (χ1) is 10.0. The highest BCUT2D eigenvalue weighted by Crippen LogP contribution is 2.30. The standard InChI is InChI=1S/C18H24FNS/c1-4-20-17(10-5-14-11-12-21-13-14)18(2,3)15-6-8-16(19)9-7-15/h6-9,11-13,17,20H,4-5,10H2,1-3H3. The second-order valence-corrected chi connectivity index (χ2v) is 6.79. The van der Waals surface area contributed by atoms with Gasteiger partial charge in [-0.1, -0.05) is 32.9 Å². The molecule has 1 nitrogen and oxygen atoms in total. The zero-order valence-corrected chi connectivity index (χ0v) is 13.8. The van der Waals surface area contributed by atoms with E-state index < -0.39 is 0 Å². The van der Waals surface area contributed by atoms with Crippen molar-refractivity contribution in [2.24, 2.45) is 0 Å². The molecule has 1 atom stereocenters. The van der Waals surface area contributed by atoms with Crippen LogP contribution in [0.25, 0.3) is 0 Å². The van der Waals surface area contributed by atoms with Crippen molar-refractivity contribution in [2.75, 3.05) is 6.54 Å². The molecular weight excluding hydrogens is 281 g/mol. The van der Waals surface area contributed by atoms with Gasteiger partial charge in [0.25, 0.3) is 0 Å². The molecule has 0 aliphatic rings. The zero-order valence-electron chi connectivity index (χ0n) is 13.0. The summed E-state index contributed by atoms with van der Waals surface area (Å²) in [4.78, 5) is 0. The van der Waals surface area contributed by atoms with E-state index >= 15 is 0 Å². The molecule has 1 aromatic carbocycles. The van der Waals surface area contributed by atoms with Crippen molar-refractivity contribution in [2.45, 2.75) is 45.1 Å². The quantitative estimate of drug-likeness (QED) is 0.776. The van der Waals surface area contributed by atoms with Crippen LogP contribution in [0.2, 0.25) is 0 Å². The number of benzene rings is 1. The highest BCUT2D eigenvalue weighted by molar-refractivity contribution is 7.07. The summed E-state index contributed by atoms with van der Waals surface area (Å²) in [6.07, 6.45) is 2.15. The molecule has 1 aromatic heterocycles. The summed E-state index contributed by atoms with van der Waals surface area (Å²) in [5.74, 6) is -0.173. The predicted molar refractivity (Wildman–Crippen MR) is 89.5 cm³/mol. The third kappa shape index (κ3) is 4.14. The van der Waals surface area contributed by atoms with Gasteiger partial charge in [0.15, 0.2) is 0 Å². The summed E-state index contributed by atoms with van der Waals surface area (Å²) in [7, 11) is 0. The van der Waals surface area contributed by atoms with Crippen LogP contribution in [-0.4, -0.2) is 12.6 Å². The monoisotopic (exact) mass is 305 g/mol. The smallest absolute Gasteiger partial charge is 0.123 e. The van der Waals surface area contributed by atoms with E-state index in [0.29, 0.717) is 6.04 Å². The lowest BCUT2D eigenvalue weighted by Gasteiger charge is -2.36. The number of aryl methyl sites for hydroxylation is 1. The van der Waals surface area contributed by atoms with E-state index in [9.17, 15) is 4.39 Å². The maximum absolute atomic E-state index is 13.1. The Morgan fingerprint density at radius 2 is 1.90 bits per heavy atom. The number of rotatable bonds is 7.